The third-order valence-corrected chi connectivity index (χ3v) is 4.60. The van der Waals surface area contributed by atoms with Crippen molar-refractivity contribution in [3.63, 3.8) is 0 Å². The summed E-state index contributed by atoms with van der Waals surface area (Å²) in [6.07, 6.45) is 0. The highest BCUT2D eigenvalue weighted by Gasteiger charge is 2.14. The first-order chi connectivity index (χ1) is 10.5. The van der Waals surface area contributed by atoms with E-state index in [1.54, 1.807) is 19.1 Å². The van der Waals surface area contributed by atoms with Gasteiger partial charge in [0.2, 0.25) is 11.7 Å². The van der Waals surface area contributed by atoms with Gasteiger partial charge < -0.3 is 9.84 Å². The number of hydrogen-bond donors (Lipinski definition) is 1. The van der Waals surface area contributed by atoms with Crippen LogP contribution in [0.5, 0.6) is 0 Å². The van der Waals surface area contributed by atoms with Crippen LogP contribution in [0.15, 0.2) is 39.3 Å². The summed E-state index contributed by atoms with van der Waals surface area (Å²) in [4.78, 5) is 18.3. The molecule has 112 valence electrons. The summed E-state index contributed by atoms with van der Waals surface area (Å²) >= 11 is 4.86. The Balaban J connectivity index is 1.82. The van der Waals surface area contributed by atoms with Gasteiger partial charge in [-0.1, -0.05) is 21.1 Å². The van der Waals surface area contributed by atoms with Gasteiger partial charge in [0.1, 0.15) is 0 Å². The second kappa shape index (κ2) is 6.02. The number of nitrogens with one attached hydrogen (secondary N) is 1. The Morgan fingerprint density at radius 3 is 2.64 bits per heavy atom. The Morgan fingerprint density at radius 1 is 1.27 bits per heavy atom. The molecule has 3 rings (SSSR count). The molecule has 0 spiro atoms. The molecule has 0 aliphatic rings. The van der Waals surface area contributed by atoms with Gasteiger partial charge in [-0.2, -0.15) is 4.98 Å². The number of hydrogen-bond acceptors (Lipinski definition) is 5. The van der Waals surface area contributed by atoms with Crippen LogP contribution in [0.3, 0.4) is 0 Å². The maximum absolute atomic E-state index is 12.3. The number of amides is 1. The van der Waals surface area contributed by atoms with E-state index in [1.165, 1.54) is 11.3 Å². The van der Waals surface area contributed by atoms with Crippen LogP contribution in [0.2, 0.25) is 0 Å². The number of aryl methyl sites for hydroxylation is 2. The molecule has 0 radical (unpaired) electrons. The summed E-state index contributed by atoms with van der Waals surface area (Å²) in [6.45, 7) is 3.69. The molecule has 1 N–H and O–H groups in total. The minimum Gasteiger partial charge on any atom is -0.339 e. The first-order valence-electron chi connectivity index (χ1n) is 6.51. The third-order valence-electron chi connectivity index (χ3n) is 3.02. The molecule has 0 aliphatic heterocycles. The van der Waals surface area contributed by atoms with Crippen molar-refractivity contribution in [3.8, 4) is 10.7 Å². The van der Waals surface area contributed by atoms with E-state index in [0.717, 1.165) is 19.9 Å². The van der Waals surface area contributed by atoms with Crippen LogP contribution >= 0.6 is 27.3 Å². The SMILES string of the molecule is Cc1nc(-c2cc(NC(=O)c3ccc(Br)cc3)c(C)s2)no1. The lowest BCUT2D eigenvalue weighted by Gasteiger charge is -2.04. The van der Waals surface area contributed by atoms with Crippen molar-refractivity contribution in [3.05, 3.63) is 51.1 Å². The Hall–Kier alpha value is -1.99. The van der Waals surface area contributed by atoms with Gasteiger partial charge in [-0.3, -0.25) is 4.79 Å². The number of carbonyl (C=O) groups excluding carboxylic acids is 1. The Bertz CT molecular complexity index is 824. The fourth-order valence-electron chi connectivity index (χ4n) is 1.91. The van der Waals surface area contributed by atoms with Crippen LogP contribution in [-0.4, -0.2) is 16.0 Å². The molecule has 2 aromatic heterocycles. The van der Waals surface area contributed by atoms with Gasteiger partial charge in [0, 0.05) is 21.8 Å². The van der Waals surface area contributed by atoms with Crippen LogP contribution in [-0.2, 0) is 0 Å². The zero-order chi connectivity index (χ0) is 15.7. The average molecular weight is 378 g/mol. The second-order valence-corrected chi connectivity index (χ2v) is 6.85. The summed E-state index contributed by atoms with van der Waals surface area (Å²) in [5.41, 5.74) is 1.36. The molecule has 0 unspecified atom stereocenters. The van der Waals surface area contributed by atoms with E-state index in [9.17, 15) is 4.79 Å². The molecule has 0 bridgehead atoms. The van der Waals surface area contributed by atoms with Gasteiger partial charge in [-0.05, 0) is 37.3 Å². The van der Waals surface area contributed by atoms with E-state index in [-0.39, 0.29) is 5.91 Å². The van der Waals surface area contributed by atoms with Crippen molar-refractivity contribution in [2.45, 2.75) is 13.8 Å². The van der Waals surface area contributed by atoms with E-state index < -0.39 is 0 Å². The monoisotopic (exact) mass is 377 g/mol. The zero-order valence-electron chi connectivity index (χ0n) is 11.9. The maximum Gasteiger partial charge on any atom is 0.255 e. The molecule has 5 nitrogen and oxygen atoms in total. The highest BCUT2D eigenvalue weighted by atomic mass is 79.9. The predicted molar refractivity (Wildman–Crippen MR) is 89.2 cm³/mol. The van der Waals surface area contributed by atoms with Crippen molar-refractivity contribution in [2.24, 2.45) is 0 Å². The van der Waals surface area contributed by atoms with Crippen molar-refractivity contribution in [1.82, 2.24) is 10.1 Å². The first kappa shape index (κ1) is 14.9. The minimum atomic E-state index is -0.149. The molecule has 3 aromatic rings. The van der Waals surface area contributed by atoms with Gasteiger partial charge in [-0.25, -0.2) is 0 Å². The number of carbonyl (C=O) groups is 1. The Kier molecular flexibility index (Phi) is 4.08. The van der Waals surface area contributed by atoms with Gasteiger partial charge in [-0.15, -0.1) is 11.3 Å². The number of aromatic nitrogens is 2. The summed E-state index contributed by atoms with van der Waals surface area (Å²) in [7, 11) is 0. The van der Waals surface area contributed by atoms with Crippen LogP contribution in [0.25, 0.3) is 10.7 Å². The summed E-state index contributed by atoms with van der Waals surface area (Å²) in [6, 6.07) is 9.07. The molecular formula is C15H12BrN3O2S. The minimum absolute atomic E-state index is 0.149. The molecule has 22 heavy (non-hydrogen) atoms. The van der Waals surface area contributed by atoms with Crippen LogP contribution < -0.4 is 5.32 Å². The predicted octanol–water partition coefficient (Wildman–Crippen LogP) is 4.43. The highest BCUT2D eigenvalue weighted by Crippen LogP contribution is 2.33. The van der Waals surface area contributed by atoms with Crippen molar-refractivity contribution in [2.75, 3.05) is 5.32 Å². The largest absolute Gasteiger partial charge is 0.339 e. The fraction of sp³-hybridized carbons (Fsp3) is 0.133. The van der Waals surface area contributed by atoms with E-state index in [2.05, 4.69) is 31.4 Å². The van der Waals surface area contributed by atoms with Crippen LogP contribution in [0, 0.1) is 13.8 Å². The molecule has 0 fully saturated rings. The molecule has 0 saturated heterocycles. The maximum atomic E-state index is 12.3. The van der Waals surface area contributed by atoms with Crippen molar-refractivity contribution in [1.29, 1.82) is 0 Å². The van der Waals surface area contributed by atoms with Crippen molar-refractivity contribution < 1.29 is 9.32 Å². The Labute approximate surface area is 139 Å². The standard InChI is InChI=1S/C15H12BrN3O2S/c1-8-12(7-13(22-8)14-17-9(2)21-19-14)18-15(20)10-3-5-11(16)6-4-10/h3-7H,1-2H3,(H,18,20). The number of rotatable bonds is 3. The molecule has 7 heteroatoms. The summed E-state index contributed by atoms with van der Waals surface area (Å²) < 4.78 is 5.92. The van der Waals surface area contributed by atoms with Gasteiger partial charge in [0.15, 0.2) is 0 Å². The molecule has 0 atom stereocenters. The molecule has 1 amide bonds. The number of benzene rings is 1. The fourth-order valence-corrected chi connectivity index (χ4v) is 3.08. The van der Waals surface area contributed by atoms with Crippen LogP contribution in [0.4, 0.5) is 5.69 Å². The van der Waals surface area contributed by atoms with E-state index in [4.69, 9.17) is 4.52 Å². The number of nitrogens with zero attached hydrogens (tertiary/aromatic N) is 2. The van der Waals surface area contributed by atoms with Gasteiger partial charge in [0.25, 0.3) is 5.91 Å². The third kappa shape index (κ3) is 3.10. The molecule has 2 heterocycles. The lowest BCUT2D eigenvalue weighted by Crippen LogP contribution is -2.11. The highest BCUT2D eigenvalue weighted by molar-refractivity contribution is 9.10. The summed E-state index contributed by atoms with van der Waals surface area (Å²) in [5, 5.41) is 6.81. The zero-order valence-corrected chi connectivity index (χ0v) is 14.3. The lowest BCUT2D eigenvalue weighted by molar-refractivity contribution is 0.102. The van der Waals surface area contributed by atoms with E-state index >= 15 is 0 Å². The van der Waals surface area contributed by atoms with Crippen molar-refractivity contribution >= 4 is 38.9 Å². The van der Waals surface area contributed by atoms with E-state index in [0.29, 0.717) is 17.3 Å². The lowest BCUT2D eigenvalue weighted by atomic mass is 10.2. The number of halogens is 1. The van der Waals surface area contributed by atoms with Gasteiger partial charge in [0.05, 0.1) is 10.6 Å². The Morgan fingerprint density at radius 2 is 2.00 bits per heavy atom. The molecule has 0 saturated carbocycles. The normalized spacial score (nSPS) is 10.7. The van der Waals surface area contributed by atoms with Crippen LogP contribution in [0.1, 0.15) is 21.1 Å². The van der Waals surface area contributed by atoms with E-state index in [1.807, 2.05) is 25.1 Å². The molecule has 0 aliphatic carbocycles. The second-order valence-electron chi connectivity index (χ2n) is 4.68. The molecular weight excluding hydrogens is 366 g/mol. The molecule has 1 aromatic carbocycles. The average Bonchev–Trinajstić information content (AvgIpc) is 3.06. The number of anilines is 1. The number of thiophene rings is 1. The first-order valence-corrected chi connectivity index (χ1v) is 8.12. The smallest absolute Gasteiger partial charge is 0.255 e. The summed E-state index contributed by atoms with van der Waals surface area (Å²) in [5.74, 6) is 0.903. The van der Waals surface area contributed by atoms with Gasteiger partial charge >= 0.3 is 0 Å². The quantitative estimate of drug-likeness (QED) is 0.732. The topological polar surface area (TPSA) is 68.0 Å².